The van der Waals surface area contributed by atoms with Crippen molar-refractivity contribution in [1.29, 1.82) is 0 Å². The lowest BCUT2D eigenvalue weighted by Gasteiger charge is -2.49. The van der Waals surface area contributed by atoms with Crippen LogP contribution in [0.25, 0.3) is 0 Å². The van der Waals surface area contributed by atoms with Crippen LogP contribution in [0.3, 0.4) is 0 Å². The summed E-state index contributed by atoms with van der Waals surface area (Å²) < 4.78 is 0. The lowest BCUT2D eigenvalue weighted by atomic mass is 9.55. The number of hydrogen-bond acceptors (Lipinski definition) is 4. The summed E-state index contributed by atoms with van der Waals surface area (Å²) in [6.07, 6.45) is 8.66. The van der Waals surface area contributed by atoms with E-state index in [1.807, 2.05) is 24.3 Å². The van der Waals surface area contributed by atoms with E-state index in [4.69, 9.17) is 0 Å². The highest BCUT2D eigenvalue weighted by Gasteiger charge is 2.54. The smallest absolute Gasteiger partial charge is 0.272 e. The minimum atomic E-state index is -0.0886. The molecule has 0 spiro atoms. The van der Waals surface area contributed by atoms with Crippen LogP contribution in [0.5, 0.6) is 5.75 Å². The highest BCUT2D eigenvalue weighted by molar-refractivity contribution is 5.94. The molecule has 2 aromatic heterocycles. The second-order valence-corrected chi connectivity index (χ2v) is 10.9. The molecule has 6 rings (SSSR count). The molecule has 1 amide bonds. The van der Waals surface area contributed by atoms with Gasteiger partial charge >= 0.3 is 0 Å². The normalized spacial score (nSPS) is 26.4. The monoisotopic (exact) mass is 470 g/mol. The number of phenolic OH excluding ortho intramolecular Hbond substituents is 1. The molecule has 0 bridgehead atoms. The molecule has 0 saturated heterocycles. The van der Waals surface area contributed by atoms with Crippen LogP contribution in [0.15, 0.2) is 36.5 Å². The third-order valence-electron chi connectivity index (χ3n) is 9.16. The predicted molar refractivity (Wildman–Crippen MR) is 135 cm³/mol. The van der Waals surface area contributed by atoms with Crippen LogP contribution in [-0.2, 0) is 31.1 Å². The number of carbonyl (C=O) groups excluding carboxylic acids is 1. The molecule has 3 aromatic rings. The van der Waals surface area contributed by atoms with Gasteiger partial charge in [-0.25, -0.2) is 0 Å². The Hall–Kier alpha value is -3.15. The standard InChI is InChI=1S/C29H34N4O2/c1-3-17-14-22-18(15-25(17)34)7-8-21-20(22)9-11-29(2)24(21)16-23-26(32-33-27(23)29)28(35)31-13-10-19-6-4-5-12-30-19/h4-6,12,14-15,20-21,24,34H,3,7-11,13,16H2,1-2H3,(H,31,35)(H,32,33). The Morgan fingerprint density at radius 2 is 2.17 bits per heavy atom. The van der Waals surface area contributed by atoms with Gasteiger partial charge in [-0.1, -0.05) is 26.0 Å². The second kappa shape index (κ2) is 8.51. The molecule has 3 aliphatic rings. The van der Waals surface area contributed by atoms with E-state index in [1.165, 1.54) is 16.8 Å². The fourth-order valence-corrected chi connectivity index (χ4v) is 7.32. The van der Waals surface area contributed by atoms with E-state index in [1.54, 1.807) is 6.20 Å². The maximum absolute atomic E-state index is 13.1. The average Bonchev–Trinajstić information content (AvgIpc) is 3.42. The third kappa shape index (κ3) is 3.57. The summed E-state index contributed by atoms with van der Waals surface area (Å²) in [5.41, 5.74) is 7.74. The van der Waals surface area contributed by atoms with Gasteiger partial charge in [0, 0.05) is 41.5 Å². The highest BCUT2D eigenvalue weighted by Crippen LogP contribution is 2.60. The Labute approximate surface area is 206 Å². The Balaban J connectivity index is 1.22. The van der Waals surface area contributed by atoms with Crippen molar-refractivity contribution < 1.29 is 9.90 Å². The SMILES string of the molecule is CCc1cc2c(cc1O)CCC1C2CCC2(C)c3[nH]nc(C(=O)NCCc4ccccn4)c3CC12. The van der Waals surface area contributed by atoms with Gasteiger partial charge in [-0.2, -0.15) is 5.10 Å². The maximum atomic E-state index is 13.1. The minimum Gasteiger partial charge on any atom is -0.508 e. The fraction of sp³-hybridized carbons (Fsp3) is 0.483. The van der Waals surface area contributed by atoms with E-state index < -0.39 is 0 Å². The molecule has 1 fully saturated rings. The fourth-order valence-electron chi connectivity index (χ4n) is 7.32. The molecule has 3 N–H and O–H groups in total. The van der Waals surface area contributed by atoms with Crippen molar-refractivity contribution in [2.24, 2.45) is 11.8 Å². The van der Waals surface area contributed by atoms with Gasteiger partial charge in [-0.15, -0.1) is 0 Å². The number of aromatic amines is 1. The van der Waals surface area contributed by atoms with Crippen molar-refractivity contribution in [3.05, 3.63) is 75.9 Å². The van der Waals surface area contributed by atoms with Crippen LogP contribution in [0.1, 0.15) is 83.2 Å². The molecular weight excluding hydrogens is 436 g/mol. The molecule has 3 aliphatic carbocycles. The van der Waals surface area contributed by atoms with E-state index in [9.17, 15) is 9.90 Å². The van der Waals surface area contributed by atoms with Gasteiger partial charge in [-0.3, -0.25) is 14.9 Å². The van der Waals surface area contributed by atoms with E-state index in [0.717, 1.165) is 55.3 Å². The zero-order valence-electron chi connectivity index (χ0n) is 20.6. The van der Waals surface area contributed by atoms with Crippen molar-refractivity contribution in [2.75, 3.05) is 6.54 Å². The van der Waals surface area contributed by atoms with Gasteiger partial charge in [0.1, 0.15) is 5.75 Å². The molecule has 35 heavy (non-hydrogen) atoms. The van der Waals surface area contributed by atoms with E-state index in [-0.39, 0.29) is 11.3 Å². The van der Waals surface area contributed by atoms with Gasteiger partial charge in [-0.05, 0) is 91.2 Å². The predicted octanol–water partition coefficient (Wildman–Crippen LogP) is 4.62. The van der Waals surface area contributed by atoms with Gasteiger partial charge in [0.15, 0.2) is 5.69 Å². The molecule has 6 heteroatoms. The number of pyridine rings is 1. The van der Waals surface area contributed by atoms with Gasteiger partial charge in [0.2, 0.25) is 0 Å². The lowest BCUT2D eigenvalue weighted by Crippen LogP contribution is -2.43. The average molecular weight is 471 g/mol. The number of aromatic hydroxyl groups is 1. The van der Waals surface area contributed by atoms with Crippen molar-refractivity contribution in [3.63, 3.8) is 0 Å². The quantitative estimate of drug-likeness (QED) is 0.508. The first kappa shape index (κ1) is 22.3. The maximum Gasteiger partial charge on any atom is 0.272 e. The number of aryl methyl sites for hydroxylation is 2. The van der Waals surface area contributed by atoms with Crippen LogP contribution >= 0.6 is 0 Å². The highest BCUT2D eigenvalue weighted by atomic mass is 16.3. The number of hydrogen-bond donors (Lipinski definition) is 3. The molecule has 2 heterocycles. The topological polar surface area (TPSA) is 90.9 Å². The zero-order valence-corrected chi connectivity index (χ0v) is 20.6. The Kier molecular flexibility index (Phi) is 5.42. The molecule has 0 radical (unpaired) electrons. The van der Waals surface area contributed by atoms with E-state index in [2.05, 4.69) is 40.4 Å². The molecule has 1 saturated carbocycles. The number of aromatic nitrogens is 3. The minimum absolute atomic E-state index is 0.0397. The summed E-state index contributed by atoms with van der Waals surface area (Å²) in [4.78, 5) is 17.4. The molecular formula is C29H34N4O2. The molecule has 0 aliphatic heterocycles. The van der Waals surface area contributed by atoms with Crippen LogP contribution in [0.2, 0.25) is 0 Å². The number of nitrogens with zero attached hydrogens (tertiary/aromatic N) is 2. The summed E-state index contributed by atoms with van der Waals surface area (Å²) in [5, 5.41) is 21.3. The third-order valence-corrected chi connectivity index (χ3v) is 9.16. The number of amides is 1. The van der Waals surface area contributed by atoms with Gasteiger partial charge in [0.05, 0.1) is 0 Å². The molecule has 1 aromatic carbocycles. The van der Waals surface area contributed by atoms with Crippen LogP contribution in [-0.4, -0.2) is 32.7 Å². The van der Waals surface area contributed by atoms with Crippen molar-refractivity contribution >= 4 is 5.91 Å². The van der Waals surface area contributed by atoms with Crippen molar-refractivity contribution in [2.45, 2.75) is 70.1 Å². The summed E-state index contributed by atoms with van der Waals surface area (Å²) in [6.45, 7) is 5.04. The summed E-state index contributed by atoms with van der Waals surface area (Å²) >= 11 is 0. The van der Waals surface area contributed by atoms with E-state index >= 15 is 0 Å². The number of phenols is 1. The first-order valence-electron chi connectivity index (χ1n) is 13.1. The Morgan fingerprint density at radius 3 is 2.97 bits per heavy atom. The van der Waals surface area contributed by atoms with Crippen molar-refractivity contribution in [3.8, 4) is 5.75 Å². The Bertz CT molecular complexity index is 1270. The first-order chi connectivity index (χ1) is 17.0. The number of benzene rings is 1. The summed E-state index contributed by atoms with van der Waals surface area (Å²) in [5.74, 6) is 2.00. The number of nitrogens with one attached hydrogen (secondary N) is 2. The number of carbonyl (C=O) groups is 1. The number of fused-ring (bicyclic) bond motifs is 7. The van der Waals surface area contributed by atoms with Gasteiger partial charge < -0.3 is 10.4 Å². The molecule has 4 atom stereocenters. The van der Waals surface area contributed by atoms with Crippen LogP contribution in [0.4, 0.5) is 0 Å². The molecule has 6 nitrogen and oxygen atoms in total. The largest absolute Gasteiger partial charge is 0.508 e. The Morgan fingerprint density at radius 1 is 1.29 bits per heavy atom. The first-order valence-corrected chi connectivity index (χ1v) is 13.1. The lowest BCUT2D eigenvalue weighted by molar-refractivity contribution is 0.0940. The second-order valence-electron chi connectivity index (χ2n) is 10.9. The number of H-pyrrole nitrogens is 1. The van der Waals surface area contributed by atoms with Crippen LogP contribution in [0, 0.1) is 11.8 Å². The number of rotatable bonds is 5. The van der Waals surface area contributed by atoms with Crippen LogP contribution < -0.4 is 5.32 Å². The van der Waals surface area contributed by atoms with Gasteiger partial charge in [0.25, 0.3) is 5.91 Å². The van der Waals surface area contributed by atoms with E-state index in [0.29, 0.717) is 42.2 Å². The van der Waals surface area contributed by atoms with Crippen molar-refractivity contribution in [1.82, 2.24) is 20.5 Å². The summed E-state index contributed by atoms with van der Waals surface area (Å²) in [7, 11) is 0. The summed E-state index contributed by atoms with van der Waals surface area (Å²) in [6, 6.07) is 10.1. The zero-order chi connectivity index (χ0) is 24.2. The molecule has 4 unspecified atom stereocenters. The molecule has 182 valence electrons.